The molecule has 1 aliphatic rings. The molecule has 0 saturated heterocycles. The van der Waals surface area contributed by atoms with Crippen LogP contribution < -0.4 is 10.5 Å². The first-order valence-corrected chi connectivity index (χ1v) is 7.44. The lowest BCUT2D eigenvalue weighted by molar-refractivity contribution is 0.210. The average molecular weight is 306 g/mol. The number of rotatable bonds is 4. The van der Waals surface area contributed by atoms with Crippen molar-refractivity contribution in [2.45, 2.75) is 24.9 Å². The maximum atomic E-state index is 13.2. The third kappa shape index (κ3) is 3.20. The van der Waals surface area contributed by atoms with Crippen LogP contribution in [0.4, 0.5) is 4.39 Å². The summed E-state index contributed by atoms with van der Waals surface area (Å²) < 4.78 is 19.1. The van der Waals surface area contributed by atoms with Gasteiger partial charge in [0.15, 0.2) is 0 Å². The average Bonchev–Trinajstić information content (AvgIpc) is 2.87. The summed E-state index contributed by atoms with van der Waals surface area (Å²) in [6.07, 6.45) is 1.59. The molecule has 2 nitrogen and oxygen atoms in total. The molecule has 0 amide bonds. The Hall–Kier alpha value is -1.58. The summed E-state index contributed by atoms with van der Waals surface area (Å²) in [6.45, 7) is 0.548. The predicted molar refractivity (Wildman–Crippen MR) is 82.4 cm³/mol. The van der Waals surface area contributed by atoms with E-state index in [0.717, 1.165) is 34.7 Å². The second-order valence-corrected chi connectivity index (χ2v) is 5.85. The van der Waals surface area contributed by atoms with Crippen LogP contribution in [0.3, 0.4) is 0 Å². The van der Waals surface area contributed by atoms with Crippen molar-refractivity contribution in [2.24, 2.45) is 5.73 Å². The highest BCUT2D eigenvalue weighted by Crippen LogP contribution is 2.33. The molecule has 4 heteroatoms. The standard InChI is InChI=1S/C17H17ClFNO/c18-14-3-1-11(2-4-14)13(10-20)9-16-8-12-7-15(19)5-6-17(12)21-16/h1-7,13,16H,8-10,20H2. The summed E-state index contributed by atoms with van der Waals surface area (Å²) in [5, 5.41) is 0.717. The first-order valence-electron chi connectivity index (χ1n) is 7.06. The van der Waals surface area contributed by atoms with Gasteiger partial charge in [0, 0.05) is 17.0 Å². The lowest BCUT2D eigenvalue weighted by atomic mass is 9.92. The quantitative estimate of drug-likeness (QED) is 0.929. The van der Waals surface area contributed by atoms with E-state index in [0.29, 0.717) is 6.54 Å². The van der Waals surface area contributed by atoms with E-state index < -0.39 is 0 Å². The molecule has 2 aromatic carbocycles. The third-order valence-electron chi connectivity index (χ3n) is 3.94. The molecule has 0 radical (unpaired) electrons. The fourth-order valence-corrected chi connectivity index (χ4v) is 2.97. The molecule has 0 bridgehead atoms. The molecule has 0 fully saturated rings. The summed E-state index contributed by atoms with van der Waals surface area (Å²) >= 11 is 5.91. The molecular formula is C17H17ClFNO. The molecule has 0 saturated carbocycles. The van der Waals surface area contributed by atoms with Gasteiger partial charge in [-0.15, -0.1) is 0 Å². The van der Waals surface area contributed by atoms with Gasteiger partial charge in [-0.3, -0.25) is 0 Å². The van der Waals surface area contributed by atoms with E-state index in [-0.39, 0.29) is 17.8 Å². The van der Waals surface area contributed by atoms with Gasteiger partial charge in [-0.05, 0) is 54.8 Å². The van der Waals surface area contributed by atoms with Crippen LogP contribution in [0.25, 0.3) is 0 Å². The smallest absolute Gasteiger partial charge is 0.123 e. The number of ether oxygens (including phenoxy) is 1. The van der Waals surface area contributed by atoms with Crippen LogP contribution >= 0.6 is 11.6 Å². The van der Waals surface area contributed by atoms with Crippen molar-refractivity contribution >= 4 is 11.6 Å². The summed E-state index contributed by atoms with van der Waals surface area (Å²) in [5.41, 5.74) is 8.00. The van der Waals surface area contributed by atoms with Crippen molar-refractivity contribution in [1.29, 1.82) is 0 Å². The predicted octanol–water partition coefficient (Wildman–Crippen LogP) is 3.92. The maximum Gasteiger partial charge on any atom is 0.123 e. The Labute approximate surface area is 128 Å². The van der Waals surface area contributed by atoms with Crippen molar-refractivity contribution in [3.05, 3.63) is 64.4 Å². The van der Waals surface area contributed by atoms with Crippen molar-refractivity contribution in [3.63, 3.8) is 0 Å². The van der Waals surface area contributed by atoms with Crippen molar-refractivity contribution in [1.82, 2.24) is 0 Å². The zero-order valence-corrected chi connectivity index (χ0v) is 12.3. The molecule has 110 valence electrons. The summed E-state index contributed by atoms with van der Waals surface area (Å²) in [6, 6.07) is 12.4. The van der Waals surface area contributed by atoms with E-state index in [2.05, 4.69) is 0 Å². The molecule has 2 atom stereocenters. The van der Waals surface area contributed by atoms with Gasteiger partial charge in [0.1, 0.15) is 17.7 Å². The molecule has 0 aromatic heterocycles. The fourth-order valence-electron chi connectivity index (χ4n) is 2.84. The molecule has 1 heterocycles. The summed E-state index contributed by atoms with van der Waals surface area (Å²) in [7, 11) is 0. The largest absolute Gasteiger partial charge is 0.490 e. The summed E-state index contributed by atoms with van der Waals surface area (Å²) in [5.74, 6) is 0.783. The highest BCUT2D eigenvalue weighted by Gasteiger charge is 2.26. The number of fused-ring (bicyclic) bond motifs is 1. The highest BCUT2D eigenvalue weighted by atomic mass is 35.5. The fraction of sp³-hybridized carbons (Fsp3) is 0.294. The molecule has 2 unspecified atom stereocenters. The second kappa shape index (κ2) is 6.04. The first-order chi connectivity index (χ1) is 10.2. The van der Waals surface area contributed by atoms with Crippen LogP contribution in [0.1, 0.15) is 23.5 Å². The number of hydrogen-bond donors (Lipinski definition) is 1. The van der Waals surface area contributed by atoms with Gasteiger partial charge in [-0.2, -0.15) is 0 Å². The second-order valence-electron chi connectivity index (χ2n) is 5.42. The molecule has 2 N–H and O–H groups in total. The van der Waals surface area contributed by atoms with Gasteiger partial charge in [-0.25, -0.2) is 4.39 Å². The lowest BCUT2D eigenvalue weighted by Gasteiger charge is -2.19. The van der Waals surface area contributed by atoms with Gasteiger partial charge >= 0.3 is 0 Å². The molecule has 0 aliphatic carbocycles. The Bertz CT molecular complexity index is 629. The Morgan fingerprint density at radius 2 is 2.00 bits per heavy atom. The Kier molecular flexibility index (Phi) is 4.13. The van der Waals surface area contributed by atoms with Gasteiger partial charge in [-0.1, -0.05) is 23.7 Å². The number of hydrogen-bond acceptors (Lipinski definition) is 2. The molecule has 21 heavy (non-hydrogen) atoms. The molecule has 2 aromatic rings. The minimum Gasteiger partial charge on any atom is -0.490 e. The van der Waals surface area contributed by atoms with E-state index in [4.69, 9.17) is 22.1 Å². The van der Waals surface area contributed by atoms with E-state index in [1.807, 2.05) is 24.3 Å². The summed E-state index contributed by atoms with van der Waals surface area (Å²) in [4.78, 5) is 0. The first kappa shape index (κ1) is 14.4. The van der Waals surface area contributed by atoms with E-state index in [1.165, 1.54) is 6.07 Å². The Morgan fingerprint density at radius 1 is 1.24 bits per heavy atom. The van der Waals surface area contributed by atoms with Gasteiger partial charge < -0.3 is 10.5 Å². The van der Waals surface area contributed by atoms with Crippen LogP contribution in [0.5, 0.6) is 5.75 Å². The van der Waals surface area contributed by atoms with E-state index >= 15 is 0 Å². The van der Waals surface area contributed by atoms with E-state index in [9.17, 15) is 4.39 Å². The highest BCUT2D eigenvalue weighted by molar-refractivity contribution is 6.30. The number of nitrogens with two attached hydrogens (primary N) is 1. The van der Waals surface area contributed by atoms with Crippen molar-refractivity contribution in [2.75, 3.05) is 6.54 Å². The Morgan fingerprint density at radius 3 is 2.71 bits per heavy atom. The molecule has 3 rings (SSSR count). The Balaban J connectivity index is 1.70. The maximum absolute atomic E-state index is 13.2. The minimum absolute atomic E-state index is 0.0472. The molecular weight excluding hydrogens is 289 g/mol. The van der Waals surface area contributed by atoms with Crippen LogP contribution in [0.15, 0.2) is 42.5 Å². The van der Waals surface area contributed by atoms with Crippen molar-refractivity contribution < 1.29 is 9.13 Å². The van der Waals surface area contributed by atoms with Gasteiger partial charge in [0.2, 0.25) is 0 Å². The van der Waals surface area contributed by atoms with Crippen LogP contribution in [0.2, 0.25) is 5.02 Å². The van der Waals surface area contributed by atoms with Gasteiger partial charge in [0.05, 0.1) is 0 Å². The number of benzene rings is 2. The van der Waals surface area contributed by atoms with Crippen molar-refractivity contribution in [3.8, 4) is 5.75 Å². The SMILES string of the molecule is NCC(CC1Cc2cc(F)ccc2O1)c1ccc(Cl)cc1. The zero-order chi connectivity index (χ0) is 14.8. The van der Waals surface area contributed by atoms with E-state index in [1.54, 1.807) is 12.1 Å². The topological polar surface area (TPSA) is 35.2 Å². The van der Waals surface area contributed by atoms with Gasteiger partial charge in [0.25, 0.3) is 0 Å². The van der Waals surface area contributed by atoms with Crippen LogP contribution in [0, 0.1) is 5.82 Å². The third-order valence-corrected chi connectivity index (χ3v) is 4.19. The molecule has 1 aliphatic heterocycles. The monoisotopic (exact) mass is 305 g/mol. The van der Waals surface area contributed by atoms with Crippen LogP contribution in [-0.4, -0.2) is 12.6 Å². The minimum atomic E-state index is -0.217. The zero-order valence-electron chi connectivity index (χ0n) is 11.6. The van der Waals surface area contributed by atoms with Crippen LogP contribution in [-0.2, 0) is 6.42 Å². The normalized spacial score (nSPS) is 18.1. The number of halogens is 2. The lowest BCUT2D eigenvalue weighted by Crippen LogP contribution is -2.22. The molecule has 0 spiro atoms.